The first-order chi connectivity index (χ1) is 28.2. The van der Waals surface area contributed by atoms with Gasteiger partial charge in [-0.05, 0) is 67.8 Å². The molecule has 11 N–H and O–H groups in total. The third kappa shape index (κ3) is 8.78. The number of carbonyl (C=O) groups excluding carboxylic acids is 2. The van der Waals surface area contributed by atoms with Gasteiger partial charge in [-0.2, -0.15) is 9.97 Å². The van der Waals surface area contributed by atoms with E-state index in [1.165, 1.54) is 5.56 Å². The van der Waals surface area contributed by atoms with Crippen molar-refractivity contribution in [3.63, 3.8) is 0 Å². The van der Waals surface area contributed by atoms with Crippen LogP contribution in [0.2, 0.25) is 0 Å². The van der Waals surface area contributed by atoms with E-state index in [0.717, 1.165) is 62.1 Å². The van der Waals surface area contributed by atoms with Crippen molar-refractivity contribution >= 4 is 45.3 Å². The fourth-order valence-corrected chi connectivity index (χ4v) is 6.97. The lowest BCUT2D eigenvalue weighted by molar-refractivity contribution is 0.0993. The second kappa shape index (κ2) is 18.2. The largest absolute Gasteiger partial charge is 0.366 e. The number of hydrogen-bond acceptors (Lipinski definition) is 10. The van der Waals surface area contributed by atoms with Gasteiger partial charge in [0.05, 0.1) is 11.0 Å². The summed E-state index contributed by atoms with van der Waals surface area (Å²) in [7, 11) is 0. The summed E-state index contributed by atoms with van der Waals surface area (Å²) in [6, 6.07) is 35.1. The Kier molecular flexibility index (Phi) is 12.7. The molecule has 8 aromatic rings. The van der Waals surface area contributed by atoms with Crippen molar-refractivity contribution < 1.29 is 9.59 Å². The van der Waals surface area contributed by atoms with E-state index in [2.05, 4.69) is 39.7 Å². The number of rotatable bonds is 12. The van der Waals surface area contributed by atoms with E-state index in [-0.39, 0.29) is 6.15 Å². The van der Waals surface area contributed by atoms with Crippen molar-refractivity contribution in [1.29, 1.82) is 0 Å². The van der Waals surface area contributed by atoms with Crippen LogP contribution in [0, 0.1) is 13.8 Å². The highest BCUT2D eigenvalue weighted by Gasteiger charge is 2.18. The summed E-state index contributed by atoms with van der Waals surface area (Å²) < 4.78 is 3.87. The topological polar surface area (TPSA) is 233 Å². The first kappa shape index (κ1) is 41.2. The van der Waals surface area contributed by atoms with E-state index >= 15 is 0 Å². The van der Waals surface area contributed by atoms with Gasteiger partial charge in [0.15, 0.2) is 0 Å². The minimum absolute atomic E-state index is 0. The molecule has 2 amide bonds. The molecule has 0 atom stereocenters. The Bertz CT molecular complexity index is 2560. The Hall–Kier alpha value is -7.42. The van der Waals surface area contributed by atoms with Gasteiger partial charge in [0, 0.05) is 76.4 Å². The van der Waals surface area contributed by atoms with Gasteiger partial charge in [0.2, 0.25) is 23.7 Å². The third-order valence-corrected chi connectivity index (χ3v) is 9.90. The Morgan fingerprint density at radius 2 is 1.03 bits per heavy atom. The number of nitrogens with zero attached hydrogens (tertiary/aromatic N) is 6. The SMILES string of the molecule is CCc1cnc(-n2c(C)cc3c(C(N)=O)cccc32)nc1NCc1ccccc1.Cc1cc2c(C(N)=O)cccc2n1-c1ncc(CN)c(NCc2ccccc2)n1.N. The van der Waals surface area contributed by atoms with Crippen molar-refractivity contribution in [2.45, 2.75) is 46.8 Å². The van der Waals surface area contributed by atoms with Gasteiger partial charge in [0.1, 0.15) is 11.6 Å². The Morgan fingerprint density at radius 1 is 0.610 bits per heavy atom. The molecule has 0 saturated carbocycles. The van der Waals surface area contributed by atoms with Crippen LogP contribution in [0.1, 0.15) is 61.3 Å². The number of fused-ring (bicyclic) bond motifs is 2. The molecular weight excluding hydrogens is 741 g/mol. The number of carbonyl (C=O) groups is 2. The van der Waals surface area contributed by atoms with Crippen LogP contribution in [0.15, 0.2) is 122 Å². The third-order valence-electron chi connectivity index (χ3n) is 9.90. The number of aromatic nitrogens is 6. The second-order valence-electron chi connectivity index (χ2n) is 13.8. The van der Waals surface area contributed by atoms with Gasteiger partial charge in [-0.15, -0.1) is 0 Å². The van der Waals surface area contributed by atoms with E-state index in [1.54, 1.807) is 24.4 Å². The molecule has 0 fully saturated rings. The number of nitrogens with two attached hydrogens (primary N) is 3. The number of primary amides is 2. The van der Waals surface area contributed by atoms with Gasteiger partial charge in [-0.3, -0.25) is 18.7 Å². The number of benzene rings is 4. The Balaban J connectivity index is 0.000000195. The molecule has 4 aromatic carbocycles. The van der Waals surface area contributed by atoms with Crippen LogP contribution in [0.25, 0.3) is 33.7 Å². The van der Waals surface area contributed by atoms with E-state index in [9.17, 15) is 9.59 Å². The monoisotopic (exact) mass is 788 g/mol. The fraction of sp³-hybridized carbons (Fsp3) is 0.156. The van der Waals surface area contributed by atoms with Gasteiger partial charge in [0.25, 0.3) is 0 Å². The van der Waals surface area contributed by atoms with Gasteiger partial charge < -0.3 is 34.0 Å². The smallest absolute Gasteiger partial charge is 0.249 e. The fourth-order valence-electron chi connectivity index (χ4n) is 6.97. The van der Waals surface area contributed by atoms with Crippen LogP contribution < -0.4 is 34.0 Å². The van der Waals surface area contributed by atoms with Crippen LogP contribution in [0.3, 0.4) is 0 Å². The van der Waals surface area contributed by atoms with Crippen molar-refractivity contribution in [1.82, 2.24) is 35.2 Å². The zero-order chi connectivity index (χ0) is 40.8. The number of nitrogens with one attached hydrogen (secondary N) is 2. The molecule has 0 aliphatic heterocycles. The van der Waals surface area contributed by atoms with Crippen LogP contribution in [0.4, 0.5) is 11.6 Å². The van der Waals surface area contributed by atoms with Gasteiger partial charge in [-0.25, -0.2) is 9.97 Å². The predicted octanol–water partition coefficient (Wildman–Crippen LogP) is 7.06. The van der Waals surface area contributed by atoms with Gasteiger partial charge >= 0.3 is 0 Å². The first-order valence-corrected chi connectivity index (χ1v) is 19.0. The van der Waals surface area contributed by atoms with Crippen molar-refractivity contribution in [2.24, 2.45) is 17.2 Å². The van der Waals surface area contributed by atoms with Crippen LogP contribution >= 0.6 is 0 Å². The summed E-state index contributed by atoms with van der Waals surface area (Å²) in [5.41, 5.74) is 25.7. The number of aryl methyl sites for hydroxylation is 3. The molecule has 59 heavy (non-hydrogen) atoms. The van der Waals surface area contributed by atoms with E-state index in [4.69, 9.17) is 27.2 Å². The van der Waals surface area contributed by atoms with Gasteiger partial charge in [-0.1, -0.05) is 79.7 Å². The molecule has 0 spiro atoms. The minimum atomic E-state index is -0.461. The zero-order valence-electron chi connectivity index (χ0n) is 33.3. The molecule has 0 bridgehead atoms. The van der Waals surface area contributed by atoms with Crippen LogP contribution in [0.5, 0.6) is 0 Å². The molecule has 14 nitrogen and oxygen atoms in total. The highest BCUT2D eigenvalue weighted by molar-refractivity contribution is 6.07. The molecule has 0 saturated heterocycles. The maximum Gasteiger partial charge on any atom is 0.249 e. The molecule has 0 radical (unpaired) electrons. The van der Waals surface area contributed by atoms with Crippen molar-refractivity contribution in [2.75, 3.05) is 10.6 Å². The molecule has 300 valence electrons. The lowest BCUT2D eigenvalue weighted by Crippen LogP contribution is -2.12. The normalized spacial score (nSPS) is 10.8. The molecule has 8 rings (SSSR count). The molecule has 4 aromatic heterocycles. The highest BCUT2D eigenvalue weighted by atomic mass is 16.1. The quantitative estimate of drug-likeness (QED) is 0.0737. The minimum Gasteiger partial charge on any atom is -0.366 e. The Morgan fingerprint density at radius 3 is 1.44 bits per heavy atom. The molecule has 0 aliphatic rings. The molecule has 14 heteroatoms. The predicted molar refractivity (Wildman–Crippen MR) is 234 cm³/mol. The maximum absolute atomic E-state index is 11.8. The number of anilines is 2. The highest BCUT2D eigenvalue weighted by Crippen LogP contribution is 2.28. The van der Waals surface area contributed by atoms with E-state index < -0.39 is 11.8 Å². The summed E-state index contributed by atoms with van der Waals surface area (Å²) in [6.07, 6.45) is 4.42. The number of amides is 2. The summed E-state index contributed by atoms with van der Waals surface area (Å²) in [5.74, 6) is 1.67. The van der Waals surface area contributed by atoms with E-state index in [1.807, 2.05) is 108 Å². The lowest BCUT2D eigenvalue weighted by atomic mass is 10.1. The standard InChI is InChI=1S/C23H23N5O.C22H22N6O.H3N/c1-3-17-14-26-23(27-22(17)25-13-16-8-5-4-6-9-16)28-15(2)12-19-18(21(24)29)10-7-11-20(19)28;1-14-10-18-17(20(24)29)8-5-9-19(18)28(14)22-26-13-16(11-23)21(27-22)25-12-15-6-3-2-4-7-15;/h4-12,14H,3,13H2,1-2H3,(H2,24,29)(H,25,26,27);2-10,13H,11-12,23H2,1H3,(H2,24,29)(H,25,26,27);1H3. The molecule has 4 heterocycles. The first-order valence-electron chi connectivity index (χ1n) is 19.0. The average molecular weight is 789 g/mol. The second-order valence-corrected chi connectivity index (χ2v) is 13.8. The summed E-state index contributed by atoms with van der Waals surface area (Å²) in [5, 5.41) is 8.39. The summed E-state index contributed by atoms with van der Waals surface area (Å²) in [4.78, 5) is 42.2. The van der Waals surface area contributed by atoms with Crippen molar-refractivity contribution in [3.8, 4) is 11.9 Å². The van der Waals surface area contributed by atoms with Crippen molar-refractivity contribution in [3.05, 3.63) is 166 Å². The summed E-state index contributed by atoms with van der Waals surface area (Å²) >= 11 is 0. The van der Waals surface area contributed by atoms with Crippen LogP contribution in [-0.4, -0.2) is 40.9 Å². The van der Waals surface area contributed by atoms with Crippen LogP contribution in [-0.2, 0) is 26.1 Å². The van der Waals surface area contributed by atoms with E-state index in [0.29, 0.717) is 48.5 Å². The molecule has 0 aliphatic carbocycles. The molecular formula is C45H48N12O2. The zero-order valence-corrected chi connectivity index (χ0v) is 33.3. The summed E-state index contributed by atoms with van der Waals surface area (Å²) in [6.45, 7) is 7.64. The Labute approximate surface area is 342 Å². The maximum atomic E-state index is 11.8. The average Bonchev–Trinajstić information content (AvgIpc) is 3.77. The molecule has 0 unspecified atom stereocenters. The lowest BCUT2D eigenvalue weighted by Gasteiger charge is -2.13. The number of hydrogen-bond donors (Lipinski definition) is 6.